The zero-order chi connectivity index (χ0) is 22.3. The van der Waals surface area contributed by atoms with E-state index in [0.717, 1.165) is 5.56 Å². The molecule has 2 aromatic rings. The molecule has 7 heteroatoms. The summed E-state index contributed by atoms with van der Waals surface area (Å²) in [6.07, 6.45) is 1.49. The molecule has 0 aliphatic heterocycles. The highest BCUT2D eigenvalue weighted by atomic mass is 16.5. The first-order valence-electron chi connectivity index (χ1n) is 9.55. The van der Waals surface area contributed by atoms with Crippen LogP contribution in [0.1, 0.15) is 37.5 Å². The second-order valence-electron chi connectivity index (χ2n) is 7.77. The van der Waals surface area contributed by atoms with Crippen LogP contribution < -0.4 is 24.4 Å². The van der Waals surface area contributed by atoms with Crippen molar-refractivity contribution < 1.29 is 23.7 Å². The summed E-state index contributed by atoms with van der Waals surface area (Å²) in [6, 6.07) is 9.45. The summed E-state index contributed by atoms with van der Waals surface area (Å²) >= 11 is 0. The lowest BCUT2D eigenvalue weighted by Gasteiger charge is -2.20. The molecule has 0 spiro atoms. The second kappa shape index (κ2) is 10.0. The largest absolute Gasteiger partial charge is 0.493 e. The SMILES string of the molecule is COc1cc(C=NNC(=O)COc2ccc(C(C)(C)C)cc2C)cc(OC)c1OC. The van der Waals surface area contributed by atoms with Crippen molar-refractivity contribution in [1.29, 1.82) is 0 Å². The molecule has 7 nitrogen and oxygen atoms in total. The number of hydrazone groups is 1. The van der Waals surface area contributed by atoms with Gasteiger partial charge in [-0.2, -0.15) is 5.10 Å². The number of nitrogens with one attached hydrogen (secondary N) is 1. The maximum absolute atomic E-state index is 12.1. The van der Waals surface area contributed by atoms with Gasteiger partial charge in [-0.05, 0) is 41.7 Å². The molecule has 0 atom stereocenters. The monoisotopic (exact) mass is 414 g/mol. The first kappa shape index (κ1) is 23.1. The number of ether oxygens (including phenoxy) is 4. The number of nitrogens with zero attached hydrogens (tertiary/aromatic N) is 1. The molecule has 0 heterocycles. The van der Waals surface area contributed by atoms with Crippen molar-refractivity contribution >= 4 is 12.1 Å². The first-order chi connectivity index (χ1) is 14.2. The Bertz CT molecular complexity index is 891. The average molecular weight is 415 g/mol. The van der Waals surface area contributed by atoms with E-state index in [0.29, 0.717) is 28.6 Å². The number of carbonyl (C=O) groups is 1. The Hall–Kier alpha value is -3.22. The van der Waals surface area contributed by atoms with Crippen molar-refractivity contribution in [2.45, 2.75) is 33.1 Å². The molecule has 0 aliphatic carbocycles. The molecule has 0 aliphatic rings. The number of hydrogen-bond donors (Lipinski definition) is 1. The topological polar surface area (TPSA) is 78.4 Å². The first-order valence-corrected chi connectivity index (χ1v) is 9.55. The van der Waals surface area contributed by atoms with Crippen molar-refractivity contribution in [3.05, 3.63) is 47.0 Å². The third kappa shape index (κ3) is 5.89. The van der Waals surface area contributed by atoms with Gasteiger partial charge in [0.15, 0.2) is 18.1 Å². The summed E-state index contributed by atoms with van der Waals surface area (Å²) in [5.74, 6) is 1.80. The van der Waals surface area contributed by atoms with E-state index in [-0.39, 0.29) is 17.9 Å². The Morgan fingerprint density at radius 2 is 1.63 bits per heavy atom. The van der Waals surface area contributed by atoms with Crippen molar-refractivity contribution in [1.82, 2.24) is 5.43 Å². The third-order valence-corrected chi connectivity index (χ3v) is 4.49. The van der Waals surface area contributed by atoms with Gasteiger partial charge in [-0.1, -0.05) is 32.9 Å². The smallest absolute Gasteiger partial charge is 0.277 e. The standard InChI is InChI=1S/C23H30N2O5/c1-15-10-17(23(2,3)4)8-9-18(15)30-14-21(26)25-24-13-16-11-19(27-5)22(29-7)20(12-16)28-6/h8-13H,14H2,1-7H3,(H,25,26). The fourth-order valence-electron chi connectivity index (χ4n) is 2.81. The number of carbonyl (C=O) groups excluding carboxylic acids is 1. The highest BCUT2D eigenvalue weighted by Crippen LogP contribution is 2.37. The summed E-state index contributed by atoms with van der Waals surface area (Å²) in [6.45, 7) is 8.29. The molecule has 0 aromatic heterocycles. The highest BCUT2D eigenvalue weighted by Gasteiger charge is 2.15. The van der Waals surface area contributed by atoms with Crippen LogP contribution >= 0.6 is 0 Å². The number of methoxy groups -OCH3 is 3. The summed E-state index contributed by atoms with van der Waals surface area (Å²) in [5, 5.41) is 3.97. The van der Waals surface area contributed by atoms with Crippen LogP contribution in [0.3, 0.4) is 0 Å². The zero-order valence-corrected chi connectivity index (χ0v) is 18.7. The Morgan fingerprint density at radius 3 is 2.13 bits per heavy atom. The van der Waals surface area contributed by atoms with Crippen LogP contribution in [0.4, 0.5) is 0 Å². The van der Waals surface area contributed by atoms with Crippen LogP contribution in [-0.2, 0) is 10.2 Å². The minimum Gasteiger partial charge on any atom is -0.493 e. The lowest BCUT2D eigenvalue weighted by atomic mass is 9.86. The lowest BCUT2D eigenvalue weighted by Crippen LogP contribution is -2.24. The van der Waals surface area contributed by atoms with Gasteiger partial charge in [-0.25, -0.2) is 5.43 Å². The van der Waals surface area contributed by atoms with Gasteiger partial charge >= 0.3 is 0 Å². The summed E-state index contributed by atoms with van der Waals surface area (Å²) in [4.78, 5) is 12.1. The van der Waals surface area contributed by atoms with Crippen molar-refractivity contribution in [2.75, 3.05) is 27.9 Å². The summed E-state index contributed by atoms with van der Waals surface area (Å²) in [5.41, 5.74) is 5.39. The molecule has 1 N–H and O–H groups in total. The predicted octanol–water partition coefficient (Wildman–Crippen LogP) is 3.85. The van der Waals surface area contributed by atoms with E-state index in [1.807, 2.05) is 19.1 Å². The summed E-state index contributed by atoms with van der Waals surface area (Å²) < 4.78 is 21.5. The van der Waals surface area contributed by atoms with Crippen LogP contribution in [0.5, 0.6) is 23.0 Å². The lowest BCUT2D eigenvalue weighted by molar-refractivity contribution is -0.123. The molecule has 0 saturated carbocycles. The molecule has 30 heavy (non-hydrogen) atoms. The molecule has 0 fully saturated rings. The number of amides is 1. The van der Waals surface area contributed by atoms with Gasteiger partial charge in [0.2, 0.25) is 5.75 Å². The average Bonchev–Trinajstić information content (AvgIpc) is 2.71. The predicted molar refractivity (Wildman–Crippen MR) is 117 cm³/mol. The van der Waals surface area contributed by atoms with Gasteiger partial charge in [0, 0.05) is 5.56 Å². The molecule has 1 amide bonds. The van der Waals surface area contributed by atoms with E-state index in [1.165, 1.54) is 33.1 Å². The van der Waals surface area contributed by atoms with Crippen LogP contribution in [0.2, 0.25) is 0 Å². The molecule has 162 valence electrons. The molecular weight excluding hydrogens is 384 g/mol. The Kier molecular flexibility index (Phi) is 7.69. The fourth-order valence-corrected chi connectivity index (χ4v) is 2.81. The molecule has 0 saturated heterocycles. The molecule has 2 rings (SSSR count). The second-order valence-corrected chi connectivity index (χ2v) is 7.77. The molecular formula is C23H30N2O5. The van der Waals surface area contributed by atoms with Crippen LogP contribution in [0, 0.1) is 6.92 Å². The van der Waals surface area contributed by atoms with E-state index in [1.54, 1.807) is 12.1 Å². The molecule has 0 bridgehead atoms. The van der Waals surface area contributed by atoms with E-state index >= 15 is 0 Å². The molecule has 0 radical (unpaired) electrons. The fraction of sp³-hybridized carbons (Fsp3) is 0.391. The van der Waals surface area contributed by atoms with Crippen molar-refractivity contribution in [2.24, 2.45) is 5.10 Å². The van der Waals surface area contributed by atoms with Gasteiger partial charge in [0.1, 0.15) is 5.75 Å². The van der Waals surface area contributed by atoms with E-state index in [4.69, 9.17) is 18.9 Å². The van der Waals surface area contributed by atoms with E-state index < -0.39 is 0 Å². The van der Waals surface area contributed by atoms with Gasteiger partial charge < -0.3 is 18.9 Å². The molecule has 0 unspecified atom stereocenters. The van der Waals surface area contributed by atoms with Gasteiger partial charge in [0.25, 0.3) is 5.91 Å². The maximum atomic E-state index is 12.1. The summed E-state index contributed by atoms with van der Waals surface area (Å²) in [7, 11) is 4.60. The van der Waals surface area contributed by atoms with Gasteiger partial charge in [-0.3, -0.25) is 4.79 Å². The van der Waals surface area contributed by atoms with Crippen molar-refractivity contribution in [3.63, 3.8) is 0 Å². The number of rotatable bonds is 8. The number of aryl methyl sites for hydroxylation is 1. The van der Waals surface area contributed by atoms with Gasteiger partial charge in [0.05, 0.1) is 27.5 Å². The van der Waals surface area contributed by atoms with E-state index in [2.05, 4.69) is 37.4 Å². The Labute approximate surface area is 178 Å². The number of hydrogen-bond acceptors (Lipinski definition) is 6. The minimum absolute atomic E-state index is 0.0577. The zero-order valence-electron chi connectivity index (χ0n) is 18.7. The maximum Gasteiger partial charge on any atom is 0.277 e. The van der Waals surface area contributed by atoms with Crippen LogP contribution in [0.25, 0.3) is 0 Å². The molecule has 2 aromatic carbocycles. The van der Waals surface area contributed by atoms with Gasteiger partial charge in [-0.15, -0.1) is 0 Å². The third-order valence-electron chi connectivity index (χ3n) is 4.49. The van der Waals surface area contributed by atoms with Crippen molar-refractivity contribution in [3.8, 4) is 23.0 Å². The minimum atomic E-state index is -0.363. The Morgan fingerprint density at radius 1 is 1.00 bits per heavy atom. The quantitative estimate of drug-likeness (QED) is 0.524. The normalized spacial score (nSPS) is 11.3. The van der Waals surface area contributed by atoms with E-state index in [9.17, 15) is 4.79 Å². The highest BCUT2D eigenvalue weighted by molar-refractivity contribution is 5.84. The number of benzene rings is 2. The Balaban J connectivity index is 1.97. The van der Waals surface area contributed by atoms with Crippen LogP contribution in [0.15, 0.2) is 35.4 Å². The van der Waals surface area contributed by atoms with Crippen LogP contribution in [-0.4, -0.2) is 40.1 Å².